The highest BCUT2D eigenvalue weighted by atomic mass is 79.9. The molecule has 4 rings (SSSR count). The smallest absolute Gasteiger partial charge is 0.0892 e. The van der Waals surface area contributed by atoms with E-state index < -0.39 is 0 Å². The first-order chi connectivity index (χ1) is 10.3. The topological polar surface area (TPSA) is 18.5 Å². The number of hydrogen-bond donors (Lipinski definition) is 0. The Bertz CT molecular complexity index is 655. The lowest BCUT2D eigenvalue weighted by molar-refractivity contribution is -0.0118. The molecule has 0 spiro atoms. The van der Waals surface area contributed by atoms with Crippen LogP contribution in [0.3, 0.4) is 0 Å². The van der Waals surface area contributed by atoms with E-state index in [1.165, 1.54) is 16.7 Å². The van der Waals surface area contributed by atoms with Crippen molar-refractivity contribution in [3.63, 3.8) is 0 Å². The Labute approximate surface area is 133 Å². The molecule has 0 unspecified atom stereocenters. The summed E-state index contributed by atoms with van der Waals surface area (Å²) in [5.74, 6) is 0.382. The molecule has 1 fully saturated rings. The minimum atomic E-state index is 0.108. The molecule has 2 aromatic rings. The molecule has 21 heavy (non-hydrogen) atoms. The number of ether oxygens (including phenoxy) is 2. The van der Waals surface area contributed by atoms with Gasteiger partial charge in [0, 0.05) is 17.0 Å². The minimum Gasteiger partial charge on any atom is -0.373 e. The van der Waals surface area contributed by atoms with Crippen LogP contribution in [-0.2, 0) is 16.1 Å². The van der Waals surface area contributed by atoms with Crippen LogP contribution in [0.4, 0.5) is 0 Å². The lowest BCUT2D eigenvalue weighted by atomic mass is 9.86. The van der Waals surface area contributed by atoms with Crippen molar-refractivity contribution in [3.05, 3.63) is 69.7 Å². The zero-order valence-electron chi connectivity index (χ0n) is 11.7. The summed E-state index contributed by atoms with van der Waals surface area (Å²) in [6, 6.07) is 16.9. The molecule has 0 radical (unpaired) electrons. The highest BCUT2D eigenvalue weighted by Crippen LogP contribution is 2.48. The van der Waals surface area contributed by atoms with Crippen molar-refractivity contribution in [1.82, 2.24) is 0 Å². The Balaban J connectivity index is 1.68. The average molecular weight is 345 g/mol. The summed E-state index contributed by atoms with van der Waals surface area (Å²) in [6.45, 7) is 1.53. The van der Waals surface area contributed by atoms with Gasteiger partial charge in [0.2, 0.25) is 0 Å². The van der Waals surface area contributed by atoms with Crippen molar-refractivity contribution >= 4 is 15.9 Å². The first-order valence-corrected chi connectivity index (χ1v) is 8.19. The SMILES string of the molecule is Brc1ccccc1[C@H]1OCC[C@@H]1[C@@H]1OCc2ccccc21. The van der Waals surface area contributed by atoms with Crippen LogP contribution >= 0.6 is 15.9 Å². The molecule has 2 nitrogen and oxygen atoms in total. The van der Waals surface area contributed by atoms with Gasteiger partial charge in [-0.05, 0) is 29.2 Å². The quantitative estimate of drug-likeness (QED) is 0.779. The van der Waals surface area contributed by atoms with Crippen LogP contribution < -0.4 is 0 Å². The predicted octanol–water partition coefficient (Wildman–Crippen LogP) is 4.80. The minimum absolute atomic E-state index is 0.108. The van der Waals surface area contributed by atoms with Crippen LogP contribution in [-0.4, -0.2) is 6.61 Å². The van der Waals surface area contributed by atoms with Crippen LogP contribution in [0.15, 0.2) is 53.0 Å². The van der Waals surface area contributed by atoms with Gasteiger partial charge in [0.05, 0.1) is 18.8 Å². The predicted molar refractivity (Wildman–Crippen MR) is 84.9 cm³/mol. The maximum absolute atomic E-state index is 6.10. The number of benzene rings is 2. The second-order valence-electron chi connectivity index (χ2n) is 5.70. The molecule has 0 aromatic heterocycles. The molecule has 2 aromatic carbocycles. The Kier molecular flexibility index (Phi) is 3.57. The lowest BCUT2D eigenvalue weighted by Gasteiger charge is -2.25. The van der Waals surface area contributed by atoms with E-state index in [4.69, 9.17) is 9.47 Å². The van der Waals surface area contributed by atoms with Gasteiger partial charge < -0.3 is 9.47 Å². The number of fused-ring (bicyclic) bond motifs is 1. The summed E-state index contributed by atoms with van der Waals surface area (Å²) in [4.78, 5) is 0. The van der Waals surface area contributed by atoms with Gasteiger partial charge >= 0.3 is 0 Å². The molecule has 0 aliphatic carbocycles. The van der Waals surface area contributed by atoms with Crippen LogP contribution in [0, 0.1) is 5.92 Å². The van der Waals surface area contributed by atoms with E-state index in [1.807, 2.05) is 6.07 Å². The molecule has 108 valence electrons. The van der Waals surface area contributed by atoms with Crippen LogP contribution in [0.25, 0.3) is 0 Å². The molecule has 0 bridgehead atoms. The van der Waals surface area contributed by atoms with Crippen molar-refractivity contribution in [3.8, 4) is 0 Å². The third kappa shape index (κ3) is 2.33. The summed E-state index contributed by atoms with van der Waals surface area (Å²) in [5.41, 5.74) is 3.89. The summed E-state index contributed by atoms with van der Waals surface area (Å²) in [7, 11) is 0. The Morgan fingerprint density at radius 2 is 1.57 bits per heavy atom. The molecule has 0 N–H and O–H groups in total. The number of rotatable bonds is 2. The summed E-state index contributed by atoms with van der Waals surface area (Å²) < 4.78 is 13.3. The molecule has 0 amide bonds. The fraction of sp³-hybridized carbons (Fsp3) is 0.333. The van der Waals surface area contributed by atoms with E-state index >= 15 is 0 Å². The molecular weight excluding hydrogens is 328 g/mol. The van der Waals surface area contributed by atoms with E-state index in [0.717, 1.165) is 24.1 Å². The molecule has 3 heteroatoms. The first-order valence-electron chi connectivity index (χ1n) is 7.40. The van der Waals surface area contributed by atoms with Gasteiger partial charge in [-0.1, -0.05) is 58.4 Å². The van der Waals surface area contributed by atoms with E-state index in [-0.39, 0.29) is 12.2 Å². The van der Waals surface area contributed by atoms with E-state index in [0.29, 0.717) is 5.92 Å². The normalized spacial score (nSPS) is 27.8. The molecule has 0 saturated carbocycles. The van der Waals surface area contributed by atoms with Crippen molar-refractivity contribution in [2.75, 3.05) is 6.61 Å². The largest absolute Gasteiger partial charge is 0.373 e. The maximum Gasteiger partial charge on any atom is 0.0892 e. The molecule has 2 heterocycles. The van der Waals surface area contributed by atoms with Crippen molar-refractivity contribution < 1.29 is 9.47 Å². The fourth-order valence-electron chi connectivity index (χ4n) is 3.51. The van der Waals surface area contributed by atoms with Gasteiger partial charge in [-0.15, -0.1) is 0 Å². The second kappa shape index (κ2) is 5.56. The third-order valence-electron chi connectivity index (χ3n) is 4.52. The molecule has 3 atom stereocenters. The van der Waals surface area contributed by atoms with Gasteiger partial charge in [-0.25, -0.2) is 0 Å². The Morgan fingerprint density at radius 1 is 0.857 bits per heavy atom. The standard InChI is InChI=1S/C18H17BrO2/c19-16-8-4-3-7-14(16)18-15(9-10-20-18)17-13-6-2-1-5-12(13)11-21-17/h1-8,15,17-18H,9-11H2/t15-,17-,18-/m1/s1. The van der Waals surface area contributed by atoms with Gasteiger partial charge in [0.15, 0.2) is 0 Å². The van der Waals surface area contributed by atoms with Gasteiger partial charge in [0.1, 0.15) is 0 Å². The molecule has 2 aliphatic heterocycles. The zero-order chi connectivity index (χ0) is 14.2. The van der Waals surface area contributed by atoms with Crippen molar-refractivity contribution in [2.24, 2.45) is 5.92 Å². The zero-order valence-corrected chi connectivity index (χ0v) is 13.3. The number of hydrogen-bond acceptors (Lipinski definition) is 2. The summed E-state index contributed by atoms with van der Waals surface area (Å²) in [6.07, 6.45) is 1.31. The highest BCUT2D eigenvalue weighted by Gasteiger charge is 2.40. The maximum atomic E-state index is 6.10. The van der Waals surface area contributed by atoms with Gasteiger partial charge in [0.25, 0.3) is 0 Å². The second-order valence-corrected chi connectivity index (χ2v) is 6.55. The Hall–Kier alpha value is -1.16. The number of halogens is 1. The average Bonchev–Trinajstić information content (AvgIpc) is 3.13. The first kappa shape index (κ1) is 13.5. The van der Waals surface area contributed by atoms with Crippen molar-refractivity contribution in [1.29, 1.82) is 0 Å². The van der Waals surface area contributed by atoms with E-state index in [2.05, 4.69) is 58.4 Å². The van der Waals surface area contributed by atoms with Crippen LogP contribution in [0.2, 0.25) is 0 Å². The van der Waals surface area contributed by atoms with Gasteiger partial charge in [-0.2, -0.15) is 0 Å². The lowest BCUT2D eigenvalue weighted by Crippen LogP contribution is -2.16. The summed E-state index contributed by atoms with van der Waals surface area (Å²) >= 11 is 3.65. The van der Waals surface area contributed by atoms with Gasteiger partial charge in [-0.3, -0.25) is 0 Å². The van der Waals surface area contributed by atoms with E-state index in [1.54, 1.807) is 0 Å². The van der Waals surface area contributed by atoms with Crippen molar-refractivity contribution in [2.45, 2.75) is 25.2 Å². The summed E-state index contributed by atoms with van der Waals surface area (Å²) in [5, 5.41) is 0. The molecule has 1 saturated heterocycles. The highest BCUT2D eigenvalue weighted by molar-refractivity contribution is 9.10. The van der Waals surface area contributed by atoms with Crippen LogP contribution in [0.1, 0.15) is 35.3 Å². The molecular formula is C18H17BrO2. The third-order valence-corrected chi connectivity index (χ3v) is 5.24. The fourth-order valence-corrected chi connectivity index (χ4v) is 4.02. The van der Waals surface area contributed by atoms with E-state index in [9.17, 15) is 0 Å². The molecule has 2 aliphatic rings. The monoisotopic (exact) mass is 344 g/mol. The Morgan fingerprint density at radius 3 is 2.43 bits per heavy atom. The van der Waals surface area contributed by atoms with Crippen LogP contribution in [0.5, 0.6) is 0 Å².